The fourth-order valence-corrected chi connectivity index (χ4v) is 3.71. The van der Waals surface area contributed by atoms with Crippen LogP contribution in [0.2, 0.25) is 0 Å². The fourth-order valence-electron chi connectivity index (χ4n) is 2.83. The van der Waals surface area contributed by atoms with Gasteiger partial charge in [-0.1, -0.05) is 32.0 Å². The van der Waals surface area contributed by atoms with Crippen molar-refractivity contribution in [2.75, 3.05) is 6.54 Å². The summed E-state index contributed by atoms with van der Waals surface area (Å²) in [5.41, 5.74) is -0.176. The zero-order valence-electron chi connectivity index (χ0n) is 14.6. The summed E-state index contributed by atoms with van der Waals surface area (Å²) in [6.07, 6.45) is 2.04. The van der Waals surface area contributed by atoms with E-state index in [1.807, 2.05) is 38.7 Å². The van der Waals surface area contributed by atoms with Crippen LogP contribution in [0.1, 0.15) is 69.2 Å². The fraction of sp³-hybridized carbons (Fsp3) is 0.588. The molecule has 2 amide bonds. The van der Waals surface area contributed by atoms with Gasteiger partial charge < -0.3 is 14.7 Å². The lowest BCUT2D eigenvalue weighted by Gasteiger charge is -2.25. The largest absolute Gasteiger partial charge is 0.337 e. The molecule has 2 aromatic heterocycles. The van der Waals surface area contributed by atoms with E-state index < -0.39 is 0 Å². The maximum Gasteiger partial charge on any atom is 0.318 e. The molecule has 3 rings (SSSR count). The standard InChI is InChI=1S/C17H24N4O2S/c1-11(14-19-15(20-23-14)17(2,3)4)18-16(22)21-9-5-7-12(21)13-8-6-10-24-13/h6,8,10-12H,5,7,9H2,1-4H3,(H,18,22)/t11-,12+/m1/s1. The molecule has 0 radical (unpaired) electrons. The number of nitrogens with one attached hydrogen (secondary N) is 1. The van der Waals surface area contributed by atoms with E-state index in [1.54, 1.807) is 11.3 Å². The molecule has 0 bridgehead atoms. The summed E-state index contributed by atoms with van der Waals surface area (Å²) in [5.74, 6) is 1.09. The highest BCUT2D eigenvalue weighted by Gasteiger charge is 2.32. The van der Waals surface area contributed by atoms with Crippen LogP contribution in [0.4, 0.5) is 4.79 Å². The van der Waals surface area contributed by atoms with Crippen molar-refractivity contribution in [3.8, 4) is 0 Å². The molecule has 0 aromatic carbocycles. The molecule has 1 aliphatic rings. The van der Waals surface area contributed by atoms with Gasteiger partial charge in [0.15, 0.2) is 5.82 Å². The molecule has 0 unspecified atom stereocenters. The van der Waals surface area contributed by atoms with E-state index in [2.05, 4.69) is 26.9 Å². The molecule has 2 aromatic rings. The minimum absolute atomic E-state index is 0.0751. The zero-order valence-corrected chi connectivity index (χ0v) is 15.4. The maximum absolute atomic E-state index is 12.7. The van der Waals surface area contributed by atoms with Crippen LogP contribution in [0, 0.1) is 0 Å². The van der Waals surface area contributed by atoms with Crippen LogP contribution in [0.5, 0.6) is 0 Å². The molecule has 1 N–H and O–H groups in total. The van der Waals surface area contributed by atoms with Gasteiger partial charge in [-0.3, -0.25) is 0 Å². The van der Waals surface area contributed by atoms with E-state index >= 15 is 0 Å². The van der Waals surface area contributed by atoms with Gasteiger partial charge in [0.2, 0.25) is 5.89 Å². The predicted octanol–water partition coefficient (Wildman–Crippen LogP) is 4.04. The maximum atomic E-state index is 12.7. The summed E-state index contributed by atoms with van der Waals surface area (Å²) < 4.78 is 5.32. The van der Waals surface area contributed by atoms with Crippen LogP contribution in [-0.4, -0.2) is 27.6 Å². The first-order chi connectivity index (χ1) is 11.4. The van der Waals surface area contributed by atoms with E-state index in [9.17, 15) is 4.79 Å². The molecule has 0 saturated carbocycles. The summed E-state index contributed by atoms with van der Waals surface area (Å²) in [5, 5.41) is 9.06. The number of hydrogen-bond donors (Lipinski definition) is 1. The molecule has 0 aliphatic carbocycles. The van der Waals surface area contributed by atoms with Gasteiger partial charge in [0.25, 0.3) is 0 Å². The summed E-state index contributed by atoms with van der Waals surface area (Å²) in [6.45, 7) is 8.73. The van der Waals surface area contributed by atoms with E-state index in [1.165, 1.54) is 4.88 Å². The molecule has 24 heavy (non-hydrogen) atoms. The van der Waals surface area contributed by atoms with Gasteiger partial charge in [0.05, 0.1) is 6.04 Å². The Bertz CT molecular complexity index is 690. The van der Waals surface area contributed by atoms with Crippen molar-refractivity contribution in [1.29, 1.82) is 0 Å². The Balaban J connectivity index is 1.67. The number of carbonyl (C=O) groups excluding carboxylic acids is 1. The number of nitrogens with zero attached hydrogens (tertiary/aromatic N) is 3. The highest BCUT2D eigenvalue weighted by atomic mass is 32.1. The van der Waals surface area contributed by atoms with Crippen molar-refractivity contribution in [1.82, 2.24) is 20.4 Å². The van der Waals surface area contributed by atoms with Gasteiger partial charge in [-0.15, -0.1) is 11.3 Å². The number of urea groups is 1. The summed E-state index contributed by atoms with van der Waals surface area (Å²) in [4.78, 5) is 20.2. The van der Waals surface area contributed by atoms with Gasteiger partial charge in [0, 0.05) is 16.8 Å². The quantitative estimate of drug-likeness (QED) is 0.909. The number of amides is 2. The Hall–Kier alpha value is -1.89. The first-order valence-electron chi connectivity index (χ1n) is 8.31. The number of hydrogen-bond acceptors (Lipinski definition) is 5. The SMILES string of the molecule is C[C@@H](NC(=O)N1CCC[C@H]1c1cccs1)c1nc(C(C)(C)C)no1. The molecule has 0 spiro atoms. The molecule has 3 heterocycles. The monoisotopic (exact) mass is 348 g/mol. The van der Waals surface area contributed by atoms with Gasteiger partial charge in [-0.25, -0.2) is 4.79 Å². The molecule has 2 atom stereocenters. The van der Waals surface area contributed by atoms with Crippen LogP contribution in [0.25, 0.3) is 0 Å². The third kappa shape index (κ3) is 3.45. The van der Waals surface area contributed by atoms with E-state index in [0.29, 0.717) is 11.7 Å². The van der Waals surface area contributed by atoms with Crippen molar-refractivity contribution in [3.05, 3.63) is 34.1 Å². The number of carbonyl (C=O) groups is 1. The second-order valence-electron chi connectivity index (χ2n) is 7.24. The molecule has 1 fully saturated rings. The third-order valence-corrected chi connectivity index (χ3v) is 5.18. The van der Waals surface area contributed by atoms with Crippen molar-refractivity contribution >= 4 is 17.4 Å². The molecular weight excluding hydrogens is 324 g/mol. The molecule has 1 aliphatic heterocycles. The van der Waals surface area contributed by atoms with Crippen molar-refractivity contribution in [3.63, 3.8) is 0 Å². The first kappa shape index (κ1) is 17.0. The van der Waals surface area contributed by atoms with Crippen LogP contribution in [0.15, 0.2) is 22.0 Å². The average Bonchev–Trinajstić information content (AvgIpc) is 3.25. The van der Waals surface area contributed by atoms with E-state index in [0.717, 1.165) is 19.4 Å². The van der Waals surface area contributed by atoms with E-state index in [4.69, 9.17) is 4.52 Å². The molecule has 1 saturated heterocycles. The number of likely N-dealkylation sites (tertiary alicyclic amines) is 1. The Morgan fingerprint density at radius 1 is 1.50 bits per heavy atom. The number of aromatic nitrogens is 2. The molecule has 7 heteroatoms. The zero-order chi connectivity index (χ0) is 17.3. The van der Waals surface area contributed by atoms with Gasteiger partial charge in [-0.05, 0) is 31.2 Å². The molecule has 130 valence electrons. The van der Waals surface area contributed by atoms with Gasteiger partial charge in [-0.2, -0.15) is 4.98 Å². The smallest absolute Gasteiger partial charge is 0.318 e. The Kier molecular flexibility index (Phi) is 4.62. The van der Waals surface area contributed by atoms with Gasteiger partial charge >= 0.3 is 6.03 Å². The predicted molar refractivity (Wildman–Crippen MR) is 92.9 cm³/mol. The van der Waals surface area contributed by atoms with Crippen LogP contribution < -0.4 is 5.32 Å². The topological polar surface area (TPSA) is 71.3 Å². The van der Waals surface area contributed by atoms with Crippen molar-refractivity contribution in [2.24, 2.45) is 0 Å². The Morgan fingerprint density at radius 3 is 2.92 bits per heavy atom. The first-order valence-corrected chi connectivity index (χ1v) is 9.19. The summed E-state index contributed by atoms with van der Waals surface area (Å²) >= 11 is 1.70. The minimum Gasteiger partial charge on any atom is -0.337 e. The highest BCUT2D eigenvalue weighted by Crippen LogP contribution is 2.34. The van der Waals surface area contributed by atoms with E-state index in [-0.39, 0.29) is 23.5 Å². The van der Waals surface area contributed by atoms with Crippen LogP contribution >= 0.6 is 11.3 Å². The third-order valence-electron chi connectivity index (χ3n) is 4.21. The highest BCUT2D eigenvalue weighted by molar-refractivity contribution is 7.10. The number of thiophene rings is 1. The average molecular weight is 348 g/mol. The van der Waals surface area contributed by atoms with Gasteiger partial charge in [0.1, 0.15) is 6.04 Å². The Morgan fingerprint density at radius 2 is 2.29 bits per heavy atom. The summed E-state index contributed by atoms with van der Waals surface area (Å²) in [6, 6.07) is 3.91. The summed E-state index contributed by atoms with van der Waals surface area (Å²) in [7, 11) is 0. The normalized spacial score (nSPS) is 19.5. The van der Waals surface area contributed by atoms with Crippen molar-refractivity contribution < 1.29 is 9.32 Å². The van der Waals surface area contributed by atoms with Crippen LogP contribution in [-0.2, 0) is 5.41 Å². The minimum atomic E-state index is -0.314. The number of rotatable bonds is 3. The Labute approximate surface area is 146 Å². The molecular formula is C17H24N4O2S. The van der Waals surface area contributed by atoms with Crippen molar-refractivity contribution in [2.45, 2.75) is 58.0 Å². The van der Waals surface area contributed by atoms with Crippen LogP contribution in [0.3, 0.4) is 0 Å². The second-order valence-corrected chi connectivity index (χ2v) is 8.22. The molecule has 6 nitrogen and oxygen atoms in total. The lowest BCUT2D eigenvalue weighted by molar-refractivity contribution is 0.187. The lowest BCUT2D eigenvalue weighted by atomic mass is 9.96. The lowest BCUT2D eigenvalue weighted by Crippen LogP contribution is -2.40. The second kappa shape index (κ2) is 6.55.